The van der Waals surface area contributed by atoms with Crippen molar-refractivity contribution in [2.75, 3.05) is 0 Å². The third-order valence-electron chi connectivity index (χ3n) is 3.06. The summed E-state index contributed by atoms with van der Waals surface area (Å²) in [7, 11) is 0. The molecular weight excluding hydrogens is 364 g/mol. The van der Waals surface area contributed by atoms with E-state index in [1.165, 1.54) is 0 Å². The van der Waals surface area contributed by atoms with E-state index in [1.54, 1.807) is 6.08 Å². The van der Waals surface area contributed by atoms with Crippen LogP contribution >= 0.6 is 27.5 Å². The van der Waals surface area contributed by atoms with Crippen molar-refractivity contribution in [3.8, 4) is 0 Å². The highest BCUT2D eigenvalue weighted by Crippen LogP contribution is 2.18. The lowest BCUT2D eigenvalue weighted by Crippen LogP contribution is -1.87. The summed E-state index contributed by atoms with van der Waals surface area (Å²) in [6, 6.07) is 15.6. The highest BCUT2D eigenvalue weighted by Gasteiger charge is 2.05. The Morgan fingerprint density at radius 3 is 2.55 bits per heavy atom. The summed E-state index contributed by atoms with van der Waals surface area (Å²) >= 11 is 9.51. The van der Waals surface area contributed by atoms with E-state index in [0.717, 1.165) is 15.6 Å². The van der Waals surface area contributed by atoms with Gasteiger partial charge in [-0.1, -0.05) is 57.9 Å². The first-order valence-corrected chi connectivity index (χ1v) is 7.87. The van der Waals surface area contributed by atoms with Crippen molar-refractivity contribution in [3.63, 3.8) is 0 Å². The predicted octanol–water partition coefficient (Wildman–Crippen LogP) is 5.25. The minimum absolute atomic E-state index is 0.465. The van der Waals surface area contributed by atoms with Crippen LogP contribution in [-0.4, -0.2) is 10.2 Å². The quantitative estimate of drug-likeness (QED) is 0.625. The summed E-state index contributed by atoms with van der Waals surface area (Å²) in [6.07, 6.45) is 4.23. The lowest BCUT2D eigenvalue weighted by molar-refractivity contribution is 0.496. The molecule has 0 saturated heterocycles. The fourth-order valence-corrected chi connectivity index (χ4v) is 2.42. The number of nitrogens with zero attached hydrogens (tertiary/aromatic N) is 2. The molecule has 5 heteroatoms. The number of aromatic nitrogens is 2. The van der Waals surface area contributed by atoms with E-state index in [2.05, 4.69) is 26.1 Å². The van der Waals surface area contributed by atoms with Gasteiger partial charge in [-0.3, -0.25) is 0 Å². The van der Waals surface area contributed by atoms with E-state index in [9.17, 15) is 0 Å². The van der Waals surface area contributed by atoms with E-state index in [1.807, 2.05) is 54.6 Å². The first-order valence-electron chi connectivity index (χ1n) is 6.70. The Balaban J connectivity index is 1.71. The molecule has 3 aromatic rings. The average molecular weight is 376 g/mol. The van der Waals surface area contributed by atoms with E-state index in [0.29, 0.717) is 23.2 Å². The summed E-state index contributed by atoms with van der Waals surface area (Å²) < 4.78 is 6.66. The Morgan fingerprint density at radius 2 is 1.77 bits per heavy atom. The van der Waals surface area contributed by atoms with Crippen LogP contribution in [0.3, 0.4) is 0 Å². The third-order valence-corrected chi connectivity index (χ3v) is 3.93. The molecule has 0 atom stereocenters. The van der Waals surface area contributed by atoms with Crippen molar-refractivity contribution in [2.24, 2.45) is 0 Å². The van der Waals surface area contributed by atoms with Crippen LogP contribution < -0.4 is 0 Å². The molecule has 3 rings (SSSR count). The molecule has 110 valence electrons. The van der Waals surface area contributed by atoms with Crippen LogP contribution in [0.4, 0.5) is 0 Å². The van der Waals surface area contributed by atoms with Crippen molar-refractivity contribution >= 4 is 39.7 Å². The minimum Gasteiger partial charge on any atom is -0.421 e. The maximum atomic E-state index is 6.09. The van der Waals surface area contributed by atoms with Crippen LogP contribution in [0.5, 0.6) is 0 Å². The van der Waals surface area contributed by atoms with Crippen LogP contribution in [-0.2, 0) is 6.42 Å². The SMILES string of the molecule is Clc1ccccc1C=Cc1nnc(Cc2ccc(Br)cc2)o1. The van der Waals surface area contributed by atoms with Gasteiger partial charge in [-0.05, 0) is 35.4 Å². The normalized spacial score (nSPS) is 11.2. The third kappa shape index (κ3) is 3.84. The Morgan fingerprint density at radius 1 is 1.00 bits per heavy atom. The Kier molecular flexibility index (Phi) is 4.71. The highest BCUT2D eigenvalue weighted by atomic mass is 79.9. The van der Waals surface area contributed by atoms with Crippen molar-refractivity contribution in [3.05, 3.63) is 80.9 Å². The van der Waals surface area contributed by atoms with Crippen molar-refractivity contribution < 1.29 is 4.42 Å². The van der Waals surface area contributed by atoms with Gasteiger partial charge in [0.25, 0.3) is 0 Å². The molecule has 0 aliphatic rings. The molecule has 0 aliphatic carbocycles. The highest BCUT2D eigenvalue weighted by molar-refractivity contribution is 9.10. The number of rotatable bonds is 4. The van der Waals surface area contributed by atoms with Gasteiger partial charge in [0.2, 0.25) is 11.8 Å². The molecule has 1 heterocycles. The first-order chi connectivity index (χ1) is 10.7. The van der Waals surface area contributed by atoms with Gasteiger partial charge in [-0.2, -0.15) is 0 Å². The van der Waals surface area contributed by atoms with Gasteiger partial charge in [0.05, 0.1) is 6.42 Å². The Labute approximate surface area is 141 Å². The summed E-state index contributed by atoms with van der Waals surface area (Å²) in [5, 5.41) is 8.76. The molecule has 0 unspecified atom stereocenters. The lowest BCUT2D eigenvalue weighted by atomic mass is 10.1. The number of hydrogen-bond donors (Lipinski definition) is 0. The monoisotopic (exact) mass is 374 g/mol. The van der Waals surface area contributed by atoms with Gasteiger partial charge < -0.3 is 4.42 Å². The fourth-order valence-electron chi connectivity index (χ4n) is 1.95. The van der Waals surface area contributed by atoms with Crippen molar-refractivity contribution in [2.45, 2.75) is 6.42 Å². The van der Waals surface area contributed by atoms with Gasteiger partial charge in [-0.15, -0.1) is 10.2 Å². The largest absolute Gasteiger partial charge is 0.421 e. The van der Waals surface area contributed by atoms with E-state index >= 15 is 0 Å². The zero-order chi connectivity index (χ0) is 15.4. The molecular formula is C17H12BrClN2O. The molecule has 1 aromatic heterocycles. The number of hydrogen-bond acceptors (Lipinski definition) is 3. The molecule has 0 spiro atoms. The first kappa shape index (κ1) is 15.0. The summed E-state index contributed by atoms with van der Waals surface area (Å²) in [5.74, 6) is 1.05. The zero-order valence-corrected chi connectivity index (χ0v) is 13.9. The molecule has 0 N–H and O–H groups in total. The Bertz CT molecular complexity index is 796. The van der Waals surface area contributed by atoms with E-state index < -0.39 is 0 Å². The molecule has 22 heavy (non-hydrogen) atoms. The summed E-state index contributed by atoms with van der Waals surface area (Å²) in [6.45, 7) is 0. The molecule has 0 saturated carbocycles. The minimum atomic E-state index is 0.465. The van der Waals surface area contributed by atoms with E-state index in [-0.39, 0.29) is 0 Å². The molecule has 3 nitrogen and oxygen atoms in total. The maximum absolute atomic E-state index is 6.09. The number of benzene rings is 2. The zero-order valence-electron chi connectivity index (χ0n) is 11.5. The van der Waals surface area contributed by atoms with E-state index in [4.69, 9.17) is 16.0 Å². The topological polar surface area (TPSA) is 38.9 Å². The van der Waals surface area contributed by atoms with Crippen LogP contribution in [0, 0.1) is 0 Å². The van der Waals surface area contributed by atoms with Crippen molar-refractivity contribution in [1.82, 2.24) is 10.2 Å². The fraction of sp³-hybridized carbons (Fsp3) is 0.0588. The maximum Gasteiger partial charge on any atom is 0.240 e. The second-order valence-electron chi connectivity index (χ2n) is 4.69. The lowest BCUT2D eigenvalue weighted by Gasteiger charge is -1.96. The standard InChI is InChI=1S/C17H12BrClN2O/c18-14-8-5-12(6-9-14)11-17-21-20-16(22-17)10-7-13-3-1-2-4-15(13)19/h1-10H,11H2. The molecule has 2 aromatic carbocycles. The van der Waals surface area contributed by atoms with Crippen LogP contribution in [0.1, 0.15) is 22.9 Å². The van der Waals surface area contributed by atoms with Crippen LogP contribution in [0.25, 0.3) is 12.2 Å². The molecule has 0 fully saturated rings. The van der Waals surface area contributed by atoms with Crippen molar-refractivity contribution in [1.29, 1.82) is 0 Å². The average Bonchev–Trinajstić information content (AvgIpc) is 2.96. The molecule has 0 bridgehead atoms. The Hall–Kier alpha value is -1.91. The number of halogens is 2. The van der Waals surface area contributed by atoms with Gasteiger partial charge in [0.1, 0.15) is 0 Å². The van der Waals surface area contributed by atoms with Crippen LogP contribution in [0.15, 0.2) is 57.4 Å². The van der Waals surface area contributed by atoms with Gasteiger partial charge >= 0.3 is 0 Å². The molecule has 0 radical (unpaired) electrons. The second kappa shape index (κ2) is 6.90. The predicted molar refractivity (Wildman–Crippen MR) is 91.6 cm³/mol. The van der Waals surface area contributed by atoms with Crippen LogP contribution in [0.2, 0.25) is 5.02 Å². The smallest absolute Gasteiger partial charge is 0.240 e. The van der Waals surface area contributed by atoms with Gasteiger partial charge in [0.15, 0.2) is 0 Å². The summed E-state index contributed by atoms with van der Waals surface area (Å²) in [5.41, 5.74) is 2.03. The van der Waals surface area contributed by atoms with Gasteiger partial charge in [0, 0.05) is 15.6 Å². The second-order valence-corrected chi connectivity index (χ2v) is 6.02. The molecule has 0 amide bonds. The molecule has 0 aliphatic heterocycles. The summed E-state index contributed by atoms with van der Waals surface area (Å²) in [4.78, 5) is 0. The van der Waals surface area contributed by atoms with Gasteiger partial charge in [-0.25, -0.2) is 0 Å².